The number of amides is 2. The first-order valence-electron chi connectivity index (χ1n) is 8.83. The molecule has 0 saturated carbocycles. The van der Waals surface area contributed by atoms with Gasteiger partial charge in [0.15, 0.2) is 15.8 Å². The average Bonchev–Trinajstić information content (AvgIpc) is 3.00. The number of hydrazine groups is 1. The molecule has 0 aromatic heterocycles. The van der Waals surface area contributed by atoms with Gasteiger partial charge in [0.1, 0.15) is 0 Å². The Balaban J connectivity index is 1.84. The van der Waals surface area contributed by atoms with Gasteiger partial charge in [-0.05, 0) is 55.0 Å². The Labute approximate surface area is 184 Å². The lowest BCUT2D eigenvalue weighted by atomic mass is 10.1. The van der Waals surface area contributed by atoms with E-state index in [0.29, 0.717) is 33.3 Å². The topological polar surface area (TPSA) is 77.1 Å². The van der Waals surface area contributed by atoms with Crippen LogP contribution in [0.1, 0.15) is 21.5 Å². The number of aryl methyl sites for hydroxylation is 1. The molecule has 1 aliphatic heterocycles. The molecule has 1 heterocycles. The Morgan fingerprint density at radius 3 is 2.20 bits per heavy atom. The van der Waals surface area contributed by atoms with Crippen LogP contribution < -0.4 is 19.6 Å². The summed E-state index contributed by atoms with van der Waals surface area (Å²) < 4.78 is 16.2. The molecule has 0 aliphatic carbocycles. The van der Waals surface area contributed by atoms with Crippen LogP contribution in [-0.4, -0.2) is 42.5 Å². The molecule has 0 bridgehead atoms. The van der Waals surface area contributed by atoms with Crippen LogP contribution in [0.5, 0.6) is 17.2 Å². The molecule has 0 atom stereocenters. The molecule has 1 N–H and O–H groups in total. The van der Waals surface area contributed by atoms with Gasteiger partial charge in [0.05, 0.1) is 26.2 Å². The molecule has 1 aliphatic rings. The number of methoxy groups -OCH3 is 3. The van der Waals surface area contributed by atoms with E-state index in [9.17, 15) is 9.59 Å². The first-order valence-corrected chi connectivity index (χ1v) is 10.1. The number of hydrogen-bond donors (Lipinski definition) is 1. The number of benzene rings is 2. The molecule has 2 aromatic rings. The monoisotopic (exact) mass is 444 g/mol. The third-order valence-corrected chi connectivity index (χ3v) is 5.61. The summed E-state index contributed by atoms with van der Waals surface area (Å²) in [6.45, 7) is 1.93. The highest BCUT2D eigenvalue weighted by Gasteiger charge is 2.34. The first kappa shape index (κ1) is 21.7. The van der Waals surface area contributed by atoms with Gasteiger partial charge in [-0.2, -0.15) is 5.01 Å². The summed E-state index contributed by atoms with van der Waals surface area (Å²) in [5.74, 6) is 0.548. The zero-order chi connectivity index (χ0) is 21.8. The molecule has 156 valence electrons. The van der Waals surface area contributed by atoms with E-state index in [1.165, 1.54) is 21.3 Å². The van der Waals surface area contributed by atoms with Crippen LogP contribution in [0.25, 0.3) is 6.08 Å². The highest BCUT2D eigenvalue weighted by molar-refractivity contribution is 8.26. The predicted molar refractivity (Wildman–Crippen MR) is 120 cm³/mol. The highest BCUT2D eigenvalue weighted by Crippen LogP contribution is 2.40. The highest BCUT2D eigenvalue weighted by atomic mass is 32.2. The number of thiocarbonyl (C=S) groups is 1. The maximum Gasteiger partial charge on any atom is 0.285 e. The van der Waals surface area contributed by atoms with Gasteiger partial charge >= 0.3 is 0 Å². The van der Waals surface area contributed by atoms with Gasteiger partial charge in [-0.1, -0.05) is 29.5 Å². The number of ether oxygens (including phenoxy) is 3. The van der Waals surface area contributed by atoms with E-state index in [-0.39, 0.29) is 4.32 Å². The fourth-order valence-electron chi connectivity index (χ4n) is 2.77. The largest absolute Gasteiger partial charge is 0.493 e. The minimum atomic E-state index is -0.417. The average molecular weight is 445 g/mol. The molecule has 7 nitrogen and oxygen atoms in total. The van der Waals surface area contributed by atoms with Crippen molar-refractivity contribution in [3.05, 3.63) is 58.0 Å². The summed E-state index contributed by atoms with van der Waals surface area (Å²) in [6, 6.07) is 10.5. The molecule has 2 aromatic carbocycles. The molecule has 9 heteroatoms. The molecule has 2 amide bonds. The Kier molecular flexibility index (Phi) is 6.63. The standard InChI is InChI=1S/C21H20N2O5S2/c1-12-5-7-14(8-6-12)19(24)22-23-20(25)17(30-21(23)29)11-13-9-15(26-2)18(28-4)16(10-13)27-3/h5-11H,1-4H3,(H,22,24)/b17-11-. The molecule has 0 spiro atoms. The second-order valence-corrected chi connectivity index (χ2v) is 7.96. The maximum atomic E-state index is 12.8. The van der Waals surface area contributed by atoms with E-state index in [4.69, 9.17) is 26.4 Å². The smallest absolute Gasteiger partial charge is 0.285 e. The van der Waals surface area contributed by atoms with Crippen LogP contribution in [0.3, 0.4) is 0 Å². The number of nitrogens with zero attached hydrogens (tertiary/aromatic N) is 1. The Morgan fingerprint density at radius 2 is 1.67 bits per heavy atom. The molecule has 0 radical (unpaired) electrons. The maximum absolute atomic E-state index is 12.8. The van der Waals surface area contributed by atoms with Gasteiger partial charge in [0.2, 0.25) is 5.75 Å². The summed E-state index contributed by atoms with van der Waals surface area (Å²) in [5.41, 5.74) is 4.69. The third kappa shape index (κ3) is 4.42. The quantitative estimate of drug-likeness (QED) is 0.539. The van der Waals surface area contributed by atoms with Crippen LogP contribution >= 0.6 is 24.0 Å². The predicted octanol–water partition coefficient (Wildman–Crippen LogP) is 3.57. The summed E-state index contributed by atoms with van der Waals surface area (Å²) in [7, 11) is 4.55. The van der Waals surface area contributed by atoms with Crippen molar-refractivity contribution < 1.29 is 23.8 Å². The normalized spacial score (nSPS) is 14.8. The zero-order valence-electron chi connectivity index (χ0n) is 16.8. The van der Waals surface area contributed by atoms with Crippen molar-refractivity contribution >= 4 is 46.2 Å². The van der Waals surface area contributed by atoms with Crippen molar-refractivity contribution in [1.82, 2.24) is 10.4 Å². The molecule has 30 heavy (non-hydrogen) atoms. The number of thioether (sulfide) groups is 1. The van der Waals surface area contributed by atoms with Crippen molar-refractivity contribution in [3.63, 3.8) is 0 Å². The van der Waals surface area contributed by atoms with E-state index in [0.717, 1.165) is 22.3 Å². The Hall–Kier alpha value is -3.04. The minimum Gasteiger partial charge on any atom is -0.493 e. The summed E-state index contributed by atoms with van der Waals surface area (Å²) in [5, 5.41) is 1.08. The fourth-order valence-corrected chi connectivity index (χ4v) is 3.95. The molecular weight excluding hydrogens is 424 g/mol. The van der Waals surface area contributed by atoms with Gasteiger partial charge in [-0.15, -0.1) is 0 Å². The van der Waals surface area contributed by atoms with Gasteiger partial charge < -0.3 is 14.2 Å². The second kappa shape index (κ2) is 9.19. The molecule has 1 saturated heterocycles. The minimum absolute atomic E-state index is 0.235. The number of rotatable bonds is 6. The van der Waals surface area contributed by atoms with E-state index in [1.54, 1.807) is 30.3 Å². The van der Waals surface area contributed by atoms with E-state index < -0.39 is 11.8 Å². The van der Waals surface area contributed by atoms with Gasteiger partial charge in [0.25, 0.3) is 11.8 Å². The molecule has 0 unspecified atom stereocenters. The van der Waals surface area contributed by atoms with E-state index in [1.807, 2.05) is 19.1 Å². The first-order chi connectivity index (χ1) is 14.4. The van der Waals surface area contributed by atoms with Crippen LogP contribution in [0.15, 0.2) is 41.3 Å². The Bertz CT molecular complexity index is 1010. The summed E-state index contributed by atoms with van der Waals surface area (Å²) >= 11 is 6.37. The SMILES string of the molecule is COc1cc(/C=C2\SC(=S)N(NC(=O)c3ccc(C)cc3)C2=O)cc(OC)c1OC. The Morgan fingerprint density at radius 1 is 1.07 bits per heavy atom. The number of carbonyl (C=O) groups excluding carboxylic acids is 2. The van der Waals surface area contributed by atoms with Crippen molar-refractivity contribution in [2.45, 2.75) is 6.92 Å². The second-order valence-electron chi connectivity index (χ2n) is 6.28. The van der Waals surface area contributed by atoms with Crippen molar-refractivity contribution in [2.75, 3.05) is 21.3 Å². The zero-order valence-corrected chi connectivity index (χ0v) is 18.5. The van der Waals surface area contributed by atoms with Crippen molar-refractivity contribution in [1.29, 1.82) is 0 Å². The lowest BCUT2D eigenvalue weighted by Crippen LogP contribution is -2.44. The molecule has 3 rings (SSSR count). The molecular formula is C21H20N2O5S2. The van der Waals surface area contributed by atoms with Crippen molar-refractivity contribution in [2.24, 2.45) is 0 Å². The van der Waals surface area contributed by atoms with Crippen LogP contribution in [0.4, 0.5) is 0 Å². The summed E-state index contributed by atoms with van der Waals surface area (Å²) in [4.78, 5) is 25.6. The van der Waals surface area contributed by atoms with E-state index in [2.05, 4.69) is 5.43 Å². The number of carbonyl (C=O) groups is 2. The lowest BCUT2D eigenvalue weighted by Gasteiger charge is -2.15. The van der Waals surface area contributed by atoms with Crippen molar-refractivity contribution in [3.8, 4) is 17.2 Å². The van der Waals surface area contributed by atoms with Gasteiger partial charge in [0, 0.05) is 5.56 Å². The van der Waals surface area contributed by atoms with Gasteiger partial charge in [-0.25, -0.2) is 0 Å². The fraction of sp³-hybridized carbons (Fsp3) is 0.190. The van der Waals surface area contributed by atoms with Crippen LogP contribution in [0, 0.1) is 6.92 Å². The van der Waals surface area contributed by atoms with Crippen LogP contribution in [0.2, 0.25) is 0 Å². The lowest BCUT2D eigenvalue weighted by molar-refractivity contribution is -0.123. The third-order valence-electron chi connectivity index (χ3n) is 4.31. The van der Waals surface area contributed by atoms with E-state index >= 15 is 0 Å². The number of hydrogen-bond acceptors (Lipinski definition) is 7. The molecule has 1 fully saturated rings. The number of nitrogens with one attached hydrogen (secondary N) is 1. The van der Waals surface area contributed by atoms with Crippen LogP contribution in [-0.2, 0) is 4.79 Å². The summed E-state index contributed by atoms with van der Waals surface area (Å²) in [6.07, 6.45) is 1.65. The van der Waals surface area contributed by atoms with Gasteiger partial charge in [-0.3, -0.25) is 15.0 Å².